The molecule has 0 spiro atoms. The van der Waals surface area contributed by atoms with Gasteiger partial charge in [0, 0.05) is 30.3 Å². The Balaban J connectivity index is 1.80. The average molecular weight is 348 g/mol. The van der Waals surface area contributed by atoms with E-state index < -0.39 is 4.92 Å². The molecule has 0 aliphatic heterocycles. The summed E-state index contributed by atoms with van der Waals surface area (Å²) < 4.78 is 6.65. The van der Waals surface area contributed by atoms with E-state index in [-0.39, 0.29) is 11.9 Å². The molecule has 3 rings (SSSR count). The number of methoxy groups -OCH3 is 1. The van der Waals surface area contributed by atoms with Crippen molar-refractivity contribution in [1.82, 2.24) is 14.6 Å². The molecule has 2 aromatic heterocycles. The first kappa shape index (κ1) is 16.2. The molecule has 0 amide bonds. The van der Waals surface area contributed by atoms with Crippen molar-refractivity contribution in [2.75, 3.05) is 19.0 Å². The fourth-order valence-corrected chi connectivity index (χ4v) is 2.59. The van der Waals surface area contributed by atoms with Crippen LogP contribution in [0.3, 0.4) is 0 Å². The Kier molecular flexibility index (Phi) is 4.59. The summed E-state index contributed by atoms with van der Waals surface area (Å²) in [5, 5.41) is 18.9. The number of halogens is 1. The van der Waals surface area contributed by atoms with Gasteiger partial charge in [0.2, 0.25) is 5.65 Å². The average Bonchev–Trinajstić information content (AvgIpc) is 3.00. The van der Waals surface area contributed by atoms with Gasteiger partial charge in [-0.2, -0.15) is 0 Å². The lowest BCUT2D eigenvalue weighted by atomic mass is 10.1. The standard InChI is InChI=1S/C15H14ClN5O3/c1-24-12(10-4-2-3-5-11(10)16)8-17-13-6-7-14-18-9-15(21(22)23)20(14)19-13/h2-7,9,12H,8H2,1H3,(H,17,19). The van der Waals surface area contributed by atoms with Crippen LogP contribution >= 0.6 is 11.6 Å². The second kappa shape index (κ2) is 6.81. The van der Waals surface area contributed by atoms with Crippen molar-refractivity contribution in [3.8, 4) is 0 Å². The van der Waals surface area contributed by atoms with Crippen molar-refractivity contribution < 1.29 is 9.66 Å². The summed E-state index contributed by atoms with van der Waals surface area (Å²) in [5.41, 5.74) is 1.26. The van der Waals surface area contributed by atoms with Crippen molar-refractivity contribution in [3.63, 3.8) is 0 Å². The maximum atomic E-state index is 11.0. The minimum Gasteiger partial charge on any atom is -0.375 e. The third kappa shape index (κ3) is 3.15. The highest BCUT2D eigenvalue weighted by Gasteiger charge is 2.17. The number of aromatic nitrogens is 3. The van der Waals surface area contributed by atoms with E-state index in [1.165, 1.54) is 10.7 Å². The fourth-order valence-electron chi connectivity index (χ4n) is 2.33. The Labute approximate surface area is 142 Å². The highest BCUT2D eigenvalue weighted by molar-refractivity contribution is 6.31. The number of nitrogens with one attached hydrogen (secondary N) is 1. The third-order valence-electron chi connectivity index (χ3n) is 3.54. The molecular weight excluding hydrogens is 334 g/mol. The number of hydrogen-bond acceptors (Lipinski definition) is 6. The molecule has 0 bridgehead atoms. The molecule has 1 unspecified atom stereocenters. The summed E-state index contributed by atoms with van der Waals surface area (Å²) in [6.45, 7) is 0.404. The molecule has 0 aliphatic carbocycles. The normalized spacial score (nSPS) is 12.2. The molecule has 24 heavy (non-hydrogen) atoms. The van der Waals surface area contributed by atoms with Crippen LogP contribution < -0.4 is 5.32 Å². The van der Waals surface area contributed by atoms with E-state index in [9.17, 15) is 10.1 Å². The molecule has 0 aliphatic rings. The third-order valence-corrected chi connectivity index (χ3v) is 3.88. The number of rotatable bonds is 6. The van der Waals surface area contributed by atoms with E-state index in [2.05, 4.69) is 15.4 Å². The number of fused-ring (bicyclic) bond motifs is 1. The molecule has 2 heterocycles. The number of nitrogens with zero attached hydrogens (tertiary/aromatic N) is 4. The summed E-state index contributed by atoms with van der Waals surface area (Å²) in [5.74, 6) is 0.278. The summed E-state index contributed by atoms with van der Waals surface area (Å²) >= 11 is 6.19. The Bertz CT molecular complexity index is 882. The minimum absolute atomic E-state index is 0.192. The zero-order chi connectivity index (χ0) is 17.1. The van der Waals surface area contributed by atoms with E-state index in [1.54, 1.807) is 25.3 Å². The number of nitro groups is 1. The van der Waals surface area contributed by atoms with Crippen molar-refractivity contribution in [3.05, 3.63) is 63.3 Å². The molecule has 8 nitrogen and oxygen atoms in total. The maximum Gasteiger partial charge on any atom is 0.368 e. The topological polar surface area (TPSA) is 94.6 Å². The second-order valence-corrected chi connectivity index (χ2v) is 5.40. The van der Waals surface area contributed by atoms with Gasteiger partial charge in [0.15, 0.2) is 5.82 Å². The molecule has 3 aromatic rings. The first-order valence-electron chi connectivity index (χ1n) is 7.10. The van der Waals surface area contributed by atoms with Gasteiger partial charge in [0.05, 0.1) is 0 Å². The van der Waals surface area contributed by atoms with Crippen LogP contribution in [0.5, 0.6) is 0 Å². The summed E-state index contributed by atoms with van der Waals surface area (Å²) in [6, 6.07) is 10.8. The highest BCUT2D eigenvalue weighted by Crippen LogP contribution is 2.25. The van der Waals surface area contributed by atoms with E-state index in [4.69, 9.17) is 16.3 Å². The monoisotopic (exact) mass is 347 g/mol. The van der Waals surface area contributed by atoms with Crippen LogP contribution in [0.25, 0.3) is 5.65 Å². The van der Waals surface area contributed by atoms with E-state index in [1.807, 2.05) is 18.2 Å². The molecule has 1 N–H and O–H groups in total. The van der Waals surface area contributed by atoms with E-state index in [0.717, 1.165) is 5.56 Å². The van der Waals surface area contributed by atoms with Gasteiger partial charge in [-0.05, 0) is 17.1 Å². The van der Waals surface area contributed by atoms with Crippen LogP contribution in [-0.2, 0) is 4.74 Å². The van der Waals surface area contributed by atoms with Crippen LogP contribution in [0.2, 0.25) is 5.02 Å². The molecule has 0 radical (unpaired) electrons. The second-order valence-electron chi connectivity index (χ2n) is 4.99. The molecule has 0 fully saturated rings. The fraction of sp³-hybridized carbons (Fsp3) is 0.200. The van der Waals surface area contributed by atoms with Crippen LogP contribution in [0.1, 0.15) is 11.7 Å². The van der Waals surface area contributed by atoms with Gasteiger partial charge in [-0.1, -0.05) is 39.4 Å². The zero-order valence-electron chi connectivity index (χ0n) is 12.7. The Morgan fingerprint density at radius 2 is 2.17 bits per heavy atom. The van der Waals surface area contributed by atoms with Gasteiger partial charge in [-0.25, -0.2) is 4.98 Å². The SMILES string of the molecule is COC(CNc1ccc2ncc([N+](=O)[O-])n2n1)c1ccccc1Cl. The molecule has 0 saturated heterocycles. The first-order chi connectivity index (χ1) is 11.6. The van der Waals surface area contributed by atoms with Crippen molar-refractivity contribution >= 4 is 28.9 Å². The van der Waals surface area contributed by atoms with Gasteiger partial charge in [-0.3, -0.25) is 0 Å². The molecule has 1 atom stereocenters. The smallest absolute Gasteiger partial charge is 0.368 e. The lowest BCUT2D eigenvalue weighted by Gasteiger charge is -2.17. The number of anilines is 1. The zero-order valence-corrected chi connectivity index (χ0v) is 13.5. The Morgan fingerprint density at radius 1 is 1.38 bits per heavy atom. The molecule has 0 saturated carbocycles. The highest BCUT2D eigenvalue weighted by atomic mass is 35.5. The lowest BCUT2D eigenvalue weighted by molar-refractivity contribution is -0.391. The van der Waals surface area contributed by atoms with Gasteiger partial charge in [0.1, 0.15) is 12.3 Å². The van der Waals surface area contributed by atoms with Gasteiger partial charge in [-0.15, -0.1) is 0 Å². The Morgan fingerprint density at radius 3 is 2.88 bits per heavy atom. The molecule has 124 valence electrons. The lowest BCUT2D eigenvalue weighted by Crippen LogP contribution is -2.16. The summed E-state index contributed by atoms with van der Waals surface area (Å²) in [6.07, 6.45) is 0.891. The minimum atomic E-state index is -0.529. The van der Waals surface area contributed by atoms with Crippen LogP contribution in [0.4, 0.5) is 11.6 Å². The first-order valence-corrected chi connectivity index (χ1v) is 7.48. The largest absolute Gasteiger partial charge is 0.375 e. The van der Waals surface area contributed by atoms with E-state index >= 15 is 0 Å². The number of imidazole rings is 1. The predicted octanol–water partition coefficient (Wildman–Crippen LogP) is 3.09. The van der Waals surface area contributed by atoms with Crippen molar-refractivity contribution in [2.45, 2.75) is 6.10 Å². The van der Waals surface area contributed by atoms with Crippen LogP contribution in [0, 0.1) is 10.1 Å². The number of benzene rings is 1. The molecular formula is C15H14ClN5O3. The maximum absolute atomic E-state index is 11.0. The number of hydrogen-bond donors (Lipinski definition) is 1. The van der Waals surface area contributed by atoms with Crippen molar-refractivity contribution in [2.24, 2.45) is 0 Å². The molecule has 1 aromatic carbocycles. The number of ether oxygens (including phenoxy) is 1. The van der Waals surface area contributed by atoms with Crippen LogP contribution in [0.15, 0.2) is 42.6 Å². The van der Waals surface area contributed by atoms with Gasteiger partial charge < -0.3 is 20.2 Å². The van der Waals surface area contributed by atoms with E-state index in [0.29, 0.717) is 23.0 Å². The van der Waals surface area contributed by atoms with Gasteiger partial charge >= 0.3 is 5.82 Å². The summed E-state index contributed by atoms with van der Waals surface area (Å²) in [7, 11) is 1.59. The predicted molar refractivity (Wildman–Crippen MR) is 89.3 cm³/mol. The quantitative estimate of drug-likeness (QED) is 0.544. The van der Waals surface area contributed by atoms with Gasteiger partial charge in [0.25, 0.3) is 0 Å². The Hall–Kier alpha value is -2.71. The van der Waals surface area contributed by atoms with Crippen molar-refractivity contribution in [1.29, 1.82) is 0 Å². The molecule has 9 heteroatoms. The van der Waals surface area contributed by atoms with Crippen LogP contribution in [-0.4, -0.2) is 33.2 Å². The summed E-state index contributed by atoms with van der Waals surface area (Å²) in [4.78, 5) is 14.4.